The van der Waals surface area contributed by atoms with Crippen molar-refractivity contribution in [3.63, 3.8) is 0 Å². The third-order valence-corrected chi connectivity index (χ3v) is 4.58. The molecule has 146 valence electrons. The van der Waals surface area contributed by atoms with E-state index < -0.39 is 0 Å². The number of rotatable bonds is 7. The second-order valence-electron chi connectivity index (χ2n) is 6.42. The maximum Gasteiger partial charge on any atom is 0.260 e. The Morgan fingerprint density at radius 3 is 2.29 bits per heavy atom. The van der Waals surface area contributed by atoms with Gasteiger partial charge in [-0.3, -0.25) is 4.79 Å². The zero-order valence-corrected chi connectivity index (χ0v) is 16.2. The highest BCUT2D eigenvalue weighted by atomic mass is 16.5. The molecule has 28 heavy (non-hydrogen) atoms. The molecule has 0 N–H and O–H groups in total. The monoisotopic (exact) mass is 380 g/mol. The van der Waals surface area contributed by atoms with Crippen LogP contribution in [0.4, 0.5) is 0 Å². The minimum absolute atomic E-state index is 0.0312. The number of carbonyl (C=O) groups is 1. The van der Waals surface area contributed by atoms with Crippen molar-refractivity contribution in [2.45, 2.75) is 26.8 Å². The van der Waals surface area contributed by atoms with Crippen molar-refractivity contribution in [2.24, 2.45) is 0 Å². The summed E-state index contributed by atoms with van der Waals surface area (Å²) in [6, 6.07) is 12.8. The summed E-state index contributed by atoms with van der Waals surface area (Å²) < 4.78 is 17.0. The van der Waals surface area contributed by atoms with Crippen LogP contribution in [0, 0.1) is 11.3 Å². The van der Waals surface area contributed by atoms with Gasteiger partial charge in [0.1, 0.15) is 5.75 Å². The lowest BCUT2D eigenvalue weighted by molar-refractivity contribution is -0.134. The molecule has 1 amide bonds. The van der Waals surface area contributed by atoms with Crippen molar-refractivity contribution in [3.8, 4) is 23.3 Å². The third-order valence-electron chi connectivity index (χ3n) is 4.58. The highest BCUT2D eigenvalue weighted by molar-refractivity contribution is 5.78. The Hall–Kier alpha value is -3.20. The van der Waals surface area contributed by atoms with Crippen molar-refractivity contribution in [3.05, 3.63) is 53.1 Å². The number of carbonyl (C=O) groups excluding carboxylic acids is 1. The van der Waals surface area contributed by atoms with E-state index in [-0.39, 0.29) is 12.5 Å². The van der Waals surface area contributed by atoms with E-state index in [1.54, 1.807) is 29.2 Å². The van der Waals surface area contributed by atoms with Gasteiger partial charge in [0.15, 0.2) is 18.1 Å². The van der Waals surface area contributed by atoms with E-state index in [1.807, 2.05) is 26.0 Å². The minimum atomic E-state index is -0.0677. The summed E-state index contributed by atoms with van der Waals surface area (Å²) in [7, 11) is 0. The van der Waals surface area contributed by atoms with Crippen LogP contribution in [0.3, 0.4) is 0 Å². The largest absolute Gasteiger partial charge is 0.490 e. The normalized spacial score (nSPS) is 12.7. The summed E-state index contributed by atoms with van der Waals surface area (Å²) in [5.41, 5.74) is 2.82. The molecule has 6 heteroatoms. The van der Waals surface area contributed by atoms with Crippen molar-refractivity contribution in [1.82, 2.24) is 4.90 Å². The molecule has 0 radical (unpaired) electrons. The van der Waals surface area contributed by atoms with E-state index in [0.717, 1.165) is 17.7 Å². The van der Waals surface area contributed by atoms with E-state index >= 15 is 0 Å². The van der Waals surface area contributed by atoms with Crippen molar-refractivity contribution >= 4 is 5.91 Å². The lowest BCUT2D eigenvalue weighted by Gasteiger charge is -2.29. The highest BCUT2D eigenvalue weighted by Gasteiger charge is 2.23. The molecule has 2 aromatic carbocycles. The Labute approximate surface area is 165 Å². The molecule has 1 aliphatic rings. The molecule has 3 rings (SSSR count). The first-order valence-electron chi connectivity index (χ1n) is 9.46. The molecule has 0 atom stereocenters. The van der Waals surface area contributed by atoms with Crippen LogP contribution in [0.1, 0.15) is 30.5 Å². The van der Waals surface area contributed by atoms with E-state index in [2.05, 4.69) is 6.07 Å². The molecule has 0 aromatic heterocycles. The summed E-state index contributed by atoms with van der Waals surface area (Å²) in [6.07, 6.45) is 0.768. The molecular weight excluding hydrogens is 356 g/mol. The second-order valence-corrected chi connectivity index (χ2v) is 6.42. The van der Waals surface area contributed by atoms with Gasteiger partial charge in [-0.2, -0.15) is 5.26 Å². The lowest BCUT2D eigenvalue weighted by Crippen LogP contribution is -2.38. The van der Waals surface area contributed by atoms with Gasteiger partial charge in [0.2, 0.25) is 0 Å². The van der Waals surface area contributed by atoms with E-state index in [0.29, 0.717) is 43.4 Å². The van der Waals surface area contributed by atoms with E-state index in [9.17, 15) is 4.79 Å². The Morgan fingerprint density at radius 1 is 1.04 bits per heavy atom. The lowest BCUT2D eigenvalue weighted by atomic mass is 9.98. The topological polar surface area (TPSA) is 71.8 Å². The SMILES string of the molecule is CCOc1cc2c(cc1OCC)CN(C(=O)COc1ccc(C#N)cc1)CC2. The van der Waals surface area contributed by atoms with Gasteiger partial charge in [0, 0.05) is 13.1 Å². The van der Waals surface area contributed by atoms with Crippen LogP contribution in [0.25, 0.3) is 0 Å². The maximum absolute atomic E-state index is 12.6. The maximum atomic E-state index is 12.6. The molecule has 0 aliphatic carbocycles. The Balaban J connectivity index is 1.65. The molecule has 0 spiro atoms. The van der Waals surface area contributed by atoms with Gasteiger partial charge in [-0.1, -0.05) is 0 Å². The summed E-state index contributed by atoms with van der Waals surface area (Å²) >= 11 is 0. The van der Waals surface area contributed by atoms with Crippen LogP contribution in [0.2, 0.25) is 0 Å². The fourth-order valence-electron chi connectivity index (χ4n) is 3.18. The predicted molar refractivity (Wildman–Crippen MR) is 105 cm³/mol. The van der Waals surface area contributed by atoms with Crippen LogP contribution >= 0.6 is 0 Å². The van der Waals surface area contributed by atoms with Crippen LogP contribution in [-0.4, -0.2) is 37.2 Å². The first-order chi connectivity index (χ1) is 13.6. The number of amides is 1. The van der Waals surface area contributed by atoms with Crippen LogP contribution in [0.15, 0.2) is 36.4 Å². The van der Waals surface area contributed by atoms with Gasteiger partial charge in [-0.05, 0) is 67.8 Å². The molecule has 0 unspecified atom stereocenters. The smallest absolute Gasteiger partial charge is 0.260 e. The molecule has 0 bridgehead atoms. The van der Waals surface area contributed by atoms with Gasteiger partial charge >= 0.3 is 0 Å². The van der Waals surface area contributed by atoms with Crippen molar-refractivity contribution in [2.75, 3.05) is 26.4 Å². The number of nitriles is 1. The molecule has 0 saturated carbocycles. The van der Waals surface area contributed by atoms with Crippen LogP contribution in [0.5, 0.6) is 17.2 Å². The summed E-state index contributed by atoms with van der Waals surface area (Å²) in [6.45, 7) is 6.15. The summed E-state index contributed by atoms with van der Waals surface area (Å²) in [5, 5.41) is 8.83. The molecular formula is C22H24N2O4. The summed E-state index contributed by atoms with van der Waals surface area (Å²) in [5.74, 6) is 1.98. The average Bonchev–Trinajstić information content (AvgIpc) is 2.73. The standard InChI is InChI=1S/C22H24N2O4/c1-3-26-20-11-17-9-10-24(14-18(17)12-21(20)27-4-2)22(25)15-28-19-7-5-16(13-23)6-8-19/h5-8,11-12H,3-4,9-10,14-15H2,1-2H3. The highest BCUT2D eigenvalue weighted by Crippen LogP contribution is 2.34. The first kappa shape index (κ1) is 19.6. The number of hydrogen-bond donors (Lipinski definition) is 0. The molecule has 6 nitrogen and oxygen atoms in total. The molecule has 2 aromatic rings. The van der Waals surface area contributed by atoms with Crippen molar-refractivity contribution < 1.29 is 19.0 Å². The van der Waals surface area contributed by atoms with E-state index in [1.165, 1.54) is 5.56 Å². The molecule has 1 heterocycles. The Bertz CT molecular complexity index is 871. The average molecular weight is 380 g/mol. The third kappa shape index (κ3) is 4.55. The number of ether oxygens (including phenoxy) is 3. The van der Waals surface area contributed by atoms with Crippen LogP contribution in [-0.2, 0) is 17.8 Å². The van der Waals surface area contributed by atoms with E-state index in [4.69, 9.17) is 19.5 Å². The predicted octanol–water partition coefficient (Wildman–Crippen LogP) is 3.32. The zero-order valence-electron chi connectivity index (χ0n) is 16.2. The molecule has 0 fully saturated rings. The number of hydrogen-bond acceptors (Lipinski definition) is 5. The zero-order chi connectivity index (χ0) is 19.9. The number of benzene rings is 2. The molecule has 1 aliphatic heterocycles. The fourth-order valence-corrected chi connectivity index (χ4v) is 3.18. The minimum Gasteiger partial charge on any atom is -0.490 e. The van der Waals surface area contributed by atoms with Crippen LogP contribution < -0.4 is 14.2 Å². The number of nitrogens with zero attached hydrogens (tertiary/aromatic N) is 2. The summed E-state index contributed by atoms with van der Waals surface area (Å²) in [4.78, 5) is 14.4. The quantitative estimate of drug-likeness (QED) is 0.737. The molecule has 0 saturated heterocycles. The van der Waals surface area contributed by atoms with Gasteiger partial charge in [-0.15, -0.1) is 0 Å². The van der Waals surface area contributed by atoms with Gasteiger partial charge in [-0.25, -0.2) is 0 Å². The van der Waals surface area contributed by atoms with Crippen molar-refractivity contribution in [1.29, 1.82) is 5.26 Å². The first-order valence-corrected chi connectivity index (χ1v) is 9.46. The Kier molecular flexibility index (Phi) is 6.38. The second kappa shape index (κ2) is 9.14. The van der Waals surface area contributed by atoms with Gasteiger partial charge in [0.05, 0.1) is 24.8 Å². The number of fused-ring (bicyclic) bond motifs is 1. The fraction of sp³-hybridized carbons (Fsp3) is 0.364. The Morgan fingerprint density at radius 2 is 1.68 bits per heavy atom. The van der Waals surface area contributed by atoms with Gasteiger partial charge in [0.25, 0.3) is 5.91 Å². The van der Waals surface area contributed by atoms with Gasteiger partial charge < -0.3 is 19.1 Å².